The minimum atomic E-state index is -4.98. The molecule has 2 N–H and O–H groups in total. The van der Waals surface area contributed by atoms with Crippen LogP contribution >= 0.6 is 0 Å². The van der Waals surface area contributed by atoms with Gasteiger partial charge >= 0.3 is 12.1 Å². The lowest BCUT2D eigenvalue weighted by Crippen LogP contribution is -2.57. The number of rotatable bonds is 7. The fraction of sp³-hybridized carbons (Fsp3) is 0.595. The Morgan fingerprint density at radius 1 is 1.08 bits per heavy atom. The van der Waals surface area contributed by atoms with E-state index in [0.717, 1.165) is 87.7 Å². The van der Waals surface area contributed by atoms with Crippen LogP contribution in [0, 0.1) is 17.8 Å². The van der Waals surface area contributed by atoms with Crippen molar-refractivity contribution in [3.8, 4) is 5.75 Å². The lowest BCUT2D eigenvalue weighted by Gasteiger charge is -2.35. The second-order valence-electron chi connectivity index (χ2n) is 15.5. The van der Waals surface area contributed by atoms with Crippen LogP contribution in [0.25, 0.3) is 0 Å². The van der Waals surface area contributed by atoms with Gasteiger partial charge in [0.05, 0.1) is 11.8 Å². The third kappa shape index (κ3) is 6.07. The molecule has 0 radical (unpaired) electrons. The standard InChI is InChI=1S/C37H43F3N6O5/c1-22-15-23-17-24(16-22)36(19-23,32(48)49)44-31(47)27-20-42-33(43-30(27)37(38,39)40)46-21-35(9-3-2-4-10-35)28-18-26(5-6-29(28)46)51-25-7-12-45(13-8-25)34-41-11-14-50-34/h5-6,11,14,18,20,22-25H,2-4,7-10,12-13,15-17,19,21H2,1H3,(H,44,47)(H,48,49). The predicted octanol–water partition coefficient (Wildman–Crippen LogP) is 6.89. The molecule has 272 valence electrons. The van der Waals surface area contributed by atoms with Gasteiger partial charge in [0, 0.05) is 49.8 Å². The molecular weight excluding hydrogens is 665 g/mol. The molecule has 3 saturated carbocycles. The summed E-state index contributed by atoms with van der Waals surface area (Å²) < 4.78 is 56.0. The largest absolute Gasteiger partial charge is 0.490 e. The van der Waals surface area contributed by atoms with E-state index in [0.29, 0.717) is 25.4 Å². The van der Waals surface area contributed by atoms with Gasteiger partial charge in [-0.05, 0) is 80.0 Å². The molecule has 1 spiro atoms. The summed E-state index contributed by atoms with van der Waals surface area (Å²) in [5.41, 5.74) is -2.33. The number of fused-ring (bicyclic) bond motifs is 4. The summed E-state index contributed by atoms with van der Waals surface area (Å²) >= 11 is 0. The fourth-order valence-electron chi connectivity index (χ4n) is 9.85. The van der Waals surface area contributed by atoms with Gasteiger partial charge in [-0.3, -0.25) is 4.79 Å². The number of ether oxygens (including phenoxy) is 1. The van der Waals surface area contributed by atoms with Crippen LogP contribution in [0.15, 0.2) is 41.3 Å². The number of anilines is 3. The number of nitrogens with one attached hydrogen (secondary N) is 1. The van der Waals surface area contributed by atoms with Gasteiger partial charge < -0.3 is 29.4 Å². The first-order valence-electron chi connectivity index (χ1n) is 18.2. The third-order valence-electron chi connectivity index (χ3n) is 12.1. The molecule has 2 aromatic heterocycles. The molecule has 8 rings (SSSR count). The highest BCUT2D eigenvalue weighted by Gasteiger charge is 2.57. The Labute approximate surface area is 294 Å². The average molecular weight is 709 g/mol. The van der Waals surface area contributed by atoms with Crippen molar-refractivity contribution >= 4 is 29.5 Å². The molecular formula is C37H43F3N6O5. The van der Waals surface area contributed by atoms with Crippen molar-refractivity contribution in [2.24, 2.45) is 17.8 Å². The summed E-state index contributed by atoms with van der Waals surface area (Å²) in [5, 5.41) is 12.8. The summed E-state index contributed by atoms with van der Waals surface area (Å²) in [6, 6.07) is 6.37. The molecule has 14 heteroatoms. The Morgan fingerprint density at radius 3 is 2.57 bits per heavy atom. The smallest absolute Gasteiger partial charge is 0.434 e. The molecule has 4 atom stereocenters. The van der Waals surface area contributed by atoms with Gasteiger partial charge in [-0.1, -0.05) is 26.2 Å². The van der Waals surface area contributed by atoms with Gasteiger partial charge in [0.1, 0.15) is 23.7 Å². The molecule has 2 bridgehead atoms. The molecule has 4 unspecified atom stereocenters. The summed E-state index contributed by atoms with van der Waals surface area (Å²) in [5.74, 6) is -1.73. The van der Waals surface area contributed by atoms with Crippen LogP contribution in [0.2, 0.25) is 0 Å². The average Bonchev–Trinajstić information content (AvgIpc) is 3.81. The van der Waals surface area contributed by atoms with E-state index in [2.05, 4.69) is 25.2 Å². The van der Waals surface area contributed by atoms with Crippen molar-refractivity contribution in [1.29, 1.82) is 0 Å². The van der Waals surface area contributed by atoms with Crippen LogP contribution in [-0.4, -0.2) is 63.2 Å². The molecule has 5 aliphatic rings. The monoisotopic (exact) mass is 708 g/mol. The number of nitrogens with zero attached hydrogens (tertiary/aromatic N) is 5. The van der Waals surface area contributed by atoms with Gasteiger partial charge in [-0.25, -0.2) is 19.7 Å². The lowest BCUT2D eigenvalue weighted by molar-refractivity contribution is -0.146. The summed E-state index contributed by atoms with van der Waals surface area (Å²) in [6.07, 6.45) is 7.79. The molecule has 11 nitrogen and oxygen atoms in total. The Bertz CT molecular complexity index is 1790. The van der Waals surface area contributed by atoms with E-state index in [-0.39, 0.29) is 41.6 Å². The highest BCUT2D eigenvalue weighted by atomic mass is 19.4. The fourth-order valence-corrected chi connectivity index (χ4v) is 9.85. The number of benzene rings is 1. The number of carbonyl (C=O) groups excluding carboxylic acids is 1. The number of aliphatic carboxylic acids is 1. The van der Waals surface area contributed by atoms with Crippen molar-refractivity contribution < 1.29 is 37.0 Å². The second kappa shape index (κ2) is 12.7. The van der Waals surface area contributed by atoms with Crippen molar-refractivity contribution in [3.05, 3.63) is 53.7 Å². The van der Waals surface area contributed by atoms with Crippen LogP contribution in [0.1, 0.15) is 99.2 Å². The number of oxazole rings is 1. The summed E-state index contributed by atoms with van der Waals surface area (Å²) in [7, 11) is 0. The topological polar surface area (TPSA) is 134 Å². The quantitative estimate of drug-likeness (QED) is 0.267. The van der Waals surface area contributed by atoms with Crippen molar-refractivity contribution in [2.75, 3.05) is 29.4 Å². The normalized spacial score (nSPS) is 27.4. The Balaban J connectivity index is 1.07. The van der Waals surface area contributed by atoms with E-state index < -0.39 is 34.8 Å². The number of hydrogen-bond donors (Lipinski definition) is 2. The molecule has 2 aliphatic heterocycles. The first-order chi connectivity index (χ1) is 24.4. The SMILES string of the molecule is CC1CC2CC(C1)C(NC(=O)c1cnc(N3CC4(CCCCC4)c4cc(OC5CCN(c6ncco6)CC5)ccc43)nc1C(F)(F)F)(C(=O)O)C2. The number of hydrogen-bond acceptors (Lipinski definition) is 9. The molecule has 4 fully saturated rings. The van der Waals surface area contributed by atoms with Gasteiger partial charge in [-0.15, -0.1) is 0 Å². The number of piperidine rings is 1. The maximum Gasteiger partial charge on any atom is 0.434 e. The second-order valence-corrected chi connectivity index (χ2v) is 15.5. The Kier molecular flexibility index (Phi) is 8.41. The van der Waals surface area contributed by atoms with E-state index >= 15 is 0 Å². The lowest BCUT2D eigenvalue weighted by atomic mass is 9.71. The van der Waals surface area contributed by atoms with Crippen molar-refractivity contribution in [3.63, 3.8) is 0 Å². The molecule has 3 aliphatic carbocycles. The van der Waals surface area contributed by atoms with Crippen molar-refractivity contribution in [1.82, 2.24) is 20.3 Å². The van der Waals surface area contributed by atoms with Crippen LogP contribution in [0.5, 0.6) is 5.75 Å². The summed E-state index contributed by atoms with van der Waals surface area (Å²) in [4.78, 5) is 42.7. The molecule has 1 aromatic carbocycles. The highest BCUT2D eigenvalue weighted by molar-refractivity contribution is 5.99. The maximum absolute atomic E-state index is 14.7. The van der Waals surface area contributed by atoms with Crippen LogP contribution in [-0.2, 0) is 16.4 Å². The number of carbonyl (C=O) groups is 2. The van der Waals surface area contributed by atoms with E-state index in [1.54, 1.807) is 17.4 Å². The van der Waals surface area contributed by atoms with E-state index in [9.17, 15) is 27.9 Å². The Hall–Kier alpha value is -4.36. The molecule has 4 heterocycles. The van der Waals surface area contributed by atoms with Crippen LogP contribution < -0.4 is 19.9 Å². The number of aromatic nitrogens is 3. The molecule has 1 amide bonds. The van der Waals surface area contributed by atoms with E-state index in [4.69, 9.17) is 9.15 Å². The highest BCUT2D eigenvalue weighted by Crippen LogP contribution is 2.53. The number of amides is 1. The van der Waals surface area contributed by atoms with Crippen LogP contribution in [0.4, 0.5) is 30.8 Å². The van der Waals surface area contributed by atoms with Gasteiger partial charge in [0.2, 0.25) is 5.95 Å². The summed E-state index contributed by atoms with van der Waals surface area (Å²) in [6.45, 7) is 3.95. The number of alkyl halides is 3. The molecule has 3 aromatic rings. The zero-order chi connectivity index (χ0) is 35.5. The maximum atomic E-state index is 14.7. The predicted molar refractivity (Wildman–Crippen MR) is 180 cm³/mol. The van der Waals surface area contributed by atoms with E-state index in [1.165, 1.54) is 0 Å². The van der Waals surface area contributed by atoms with Gasteiger partial charge in [0.15, 0.2) is 5.69 Å². The Morgan fingerprint density at radius 2 is 1.86 bits per heavy atom. The number of halogens is 3. The first-order valence-corrected chi connectivity index (χ1v) is 18.2. The molecule has 1 saturated heterocycles. The van der Waals surface area contributed by atoms with Gasteiger partial charge in [-0.2, -0.15) is 13.2 Å². The molecule has 51 heavy (non-hydrogen) atoms. The minimum Gasteiger partial charge on any atom is -0.490 e. The van der Waals surface area contributed by atoms with E-state index in [1.807, 2.05) is 25.1 Å². The van der Waals surface area contributed by atoms with Crippen LogP contribution in [0.3, 0.4) is 0 Å². The number of carboxylic acid groups (broad SMARTS) is 1. The first kappa shape index (κ1) is 33.8. The zero-order valence-electron chi connectivity index (χ0n) is 28.6. The zero-order valence-corrected chi connectivity index (χ0v) is 28.6. The van der Waals surface area contributed by atoms with Gasteiger partial charge in [0.25, 0.3) is 11.9 Å². The van der Waals surface area contributed by atoms with Crippen molar-refractivity contribution in [2.45, 2.75) is 101 Å². The third-order valence-corrected chi connectivity index (χ3v) is 12.1. The minimum absolute atomic E-state index is 0.00195. The number of carboxylic acids is 1.